The fraction of sp³-hybridized carbons (Fsp3) is 0.444. The van der Waals surface area contributed by atoms with Crippen LogP contribution in [0.3, 0.4) is 0 Å². The average molecular weight is 357 g/mol. The minimum atomic E-state index is -3.53. The lowest BCUT2D eigenvalue weighted by Gasteiger charge is -2.15. The van der Waals surface area contributed by atoms with Gasteiger partial charge in [0, 0.05) is 0 Å². The predicted molar refractivity (Wildman–Crippen MR) is 77.8 cm³/mol. The molecule has 1 aromatic rings. The van der Waals surface area contributed by atoms with Crippen molar-refractivity contribution >= 4 is 54.5 Å². The highest BCUT2D eigenvalue weighted by Gasteiger charge is 2.22. The number of thiocarbonyl (C=S) groups is 1. The van der Waals surface area contributed by atoms with Crippen molar-refractivity contribution in [1.82, 2.24) is 4.72 Å². The van der Waals surface area contributed by atoms with E-state index in [1.807, 2.05) is 6.92 Å². The number of halogens is 1. The molecule has 0 fully saturated rings. The van der Waals surface area contributed by atoms with Gasteiger partial charge in [-0.1, -0.05) is 25.6 Å². The van der Waals surface area contributed by atoms with Gasteiger partial charge in [-0.05, 0) is 34.5 Å². The van der Waals surface area contributed by atoms with Crippen molar-refractivity contribution in [3.05, 3.63) is 15.9 Å². The molecule has 0 saturated heterocycles. The summed E-state index contributed by atoms with van der Waals surface area (Å²) in [4.78, 5) is 0.172. The Morgan fingerprint density at radius 1 is 1.65 bits per heavy atom. The Morgan fingerprint density at radius 2 is 2.29 bits per heavy atom. The normalized spacial score (nSPS) is 13.5. The highest BCUT2D eigenvalue weighted by atomic mass is 79.9. The predicted octanol–water partition coefficient (Wildman–Crippen LogP) is 2.24. The van der Waals surface area contributed by atoms with Crippen LogP contribution in [-0.2, 0) is 10.0 Å². The molecule has 17 heavy (non-hydrogen) atoms. The molecule has 0 amide bonds. The molecule has 3 N–H and O–H groups in total. The largest absolute Gasteiger partial charge is 0.392 e. The molecule has 4 nitrogen and oxygen atoms in total. The second-order valence-electron chi connectivity index (χ2n) is 3.42. The highest BCUT2D eigenvalue weighted by Crippen LogP contribution is 2.26. The SMILES string of the molecule is CCCC(NS(=O)(=O)c1ccc(Br)s1)C(N)=S. The van der Waals surface area contributed by atoms with Crippen LogP contribution in [0.1, 0.15) is 19.8 Å². The third kappa shape index (κ3) is 4.29. The minimum absolute atomic E-state index is 0.172. The molecule has 0 aliphatic carbocycles. The van der Waals surface area contributed by atoms with E-state index in [9.17, 15) is 8.42 Å². The summed E-state index contributed by atoms with van der Waals surface area (Å²) in [5.41, 5.74) is 5.51. The summed E-state index contributed by atoms with van der Waals surface area (Å²) >= 11 is 9.23. The molecule has 1 unspecified atom stereocenters. The molecule has 1 rings (SSSR count). The van der Waals surface area contributed by atoms with Crippen molar-refractivity contribution in [3.8, 4) is 0 Å². The van der Waals surface area contributed by atoms with Crippen molar-refractivity contribution in [2.75, 3.05) is 0 Å². The molecule has 0 aliphatic heterocycles. The van der Waals surface area contributed by atoms with Crippen LogP contribution < -0.4 is 10.5 Å². The molecule has 1 atom stereocenters. The van der Waals surface area contributed by atoms with Crippen LogP contribution in [-0.4, -0.2) is 19.4 Å². The molecule has 1 heterocycles. The molecule has 8 heteroatoms. The van der Waals surface area contributed by atoms with Gasteiger partial charge >= 0.3 is 0 Å². The molecule has 0 spiro atoms. The number of thiophene rings is 1. The van der Waals surface area contributed by atoms with Crippen LogP contribution in [0.4, 0.5) is 0 Å². The molecule has 0 aliphatic rings. The van der Waals surface area contributed by atoms with Crippen molar-refractivity contribution < 1.29 is 8.42 Å². The molecule has 1 aromatic heterocycles. The molecule has 0 radical (unpaired) electrons. The van der Waals surface area contributed by atoms with E-state index in [1.54, 1.807) is 12.1 Å². The summed E-state index contributed by atoms with van der Waals surface area (Å²) in [6.07, 6.45) is 1.40. The summed E-state index contributed by atoms with van der Waals surface area (Å²) < 4.78 is 27.5. The zero-order valence-electron chi connectivity index (χ0n) is 9.14. The molecule has 0 saturated carbocycles. The lowest BCUT2D eigenvalue weighted by molar-refractivity contribution is 0.569. The van der Waals surface area contributed by atoms with Crippen molar-refractivity contribution in [2.45, 2.75) is 30.0 Å². The van der Waals surface area contributed by atoms with Gasteiger partial charge in [0.1, 0.15) is 4.21 Å². The third-order valence-electron chi connectivity index (χ3n) is 2.03. The Labute approximate surface area is 119 Å². The third-order valence-corrected chi connectivity index (χ3v) is 5.90. The standard InChI is InChI=1S/C9H13BrN2O2S3/c1-2-3-6(9(11)15)12-17(13,14)8-5-4-7(10)16-8/h4-6,12H,2-3H2,1H3,(H2,11,15). The van der Waals surface area contributed by atoms with Gasteiger partial charge in [0.05, 0.1) is 14.8 Å². The van der Waals surface area contributed by atoms with Crippen molar-refractivity contribution in [2.24, 2.45) is 5.73 Å². The maximum absolute atomic E-state index is 12.0. The number of hydrogen-bond donors (Lipinski definition) is 2. The first-order chi connectivity index (χ1) is 7.86. The van der Waals surface area contributed by atoms with Crippen molar-refractivity contribution in [3.63, 3.8) is 0 Å². The first-order valence-electron chi connectivity index (χ1n) is 4.94. The maximum Gasteiger partial charge on any atom is 0.250 e. The van der Waals surface area contributed by atoms with E-state index < -0.39 is 16.1 Å². The fourth-order valence-electron chi connectivity index (χ4n) is 1.24. The summed E-state index contributed by atoms with van der Waals surface area (Å²) in [5, 5.41) is 0. The van der Waals surface area contributed by atoms with Gasteiger partial charge < -0.3 is 5.73 Å². The quantitative estimate of drug-likeness (QED) is 0.766. The van der Waals surface area contributed by atoms with E-state index in [-0.39, 0.29) is 9.20 Å². The van der Waals surface area contributed by atoms with Gasteiger partial charge in [-0.3, -0.25) is 0 Å². The van der Waals surface area contributed by atoms with E-state index in [0.717, 1.165) is 21.5 Å². The van der Waals surface area contributed by atoms with Crippen LogP contribution in [0.2, 0.25) is 0 Å². The summed E-state index contributed by atoms with van der Waals surface area (Å²) in [6.45, 7) is 1.95. The molecule has 0 bridgehead atoms. The number of nitrogens with one attached hydrogen (secondary N) is 1. The Kier molecular flexibility index (Phi) is 5.52. The van der Waals surface area contributed by atoms with Crippen LogP contribution in [0, 0.1) is 0 Å². The van der Waals surface area contributed by atoms with Gasteiger partial charge in [-0.2, -0.15) is 0 Å². The molecule has 96 valence electrons. The fourth-order valence-corrected chi connectivity index (χ4v) is 4.76. The number of sulfonamides is 1. The minimum Gasteiger partial charge on any atom is -0.392 e. The van der Waals surface area contributed by atoms with Gasteiger partial charge in [0.15, 0.2) is 0 Å². The highest BCUT2D eigenvalue weighted by molar-refractivity contribution is 9.11. The van der Waals surface area contributed by atoms with Gasteiger partial charge in [0.2, 0.25) is 0 Å². The Balaban J connectivity index is 2.88. The first-order valence-corrected chi connectivity index (χ1v) is 8.44. The van der Waals surface area contributed by atoms with Crippen LogP contribution in [0.25, 0.3) is 0 Å². The monoisotopic (exact) mass is 356 g/mol. The second-order valence-corrected chi connectivity index (χ2v) is 8.30. The summed E-state index contributed by atoms with van der Waals surface area (Å²) in [7, 11) is -3.53. The van der Waals surface area contributed by atoms with E-state index in [1.165, 1.54) is 0 Å². The zero-order chi connectivity index (χ0) is 13.1. The van der Waals surface area contributed by atoms with Crippen molar-refractivity contribution in [1.29, 1.82) is 0 Å². The number of hydrogen-bond acceptors (Lipinski definition) is 4. The summed E-state index contributed by atoms with van der Waals surface area (Å²) in [6, 6.07) is 2.75. The van der Waals surface area contributed by atoms with Crippen LogP contribution in [0.5, 0.6) is 0 Å². The first kappa shape index (κ1) is 15.0. The smallest absolute Gasteiger partial charge is 0.250 e. The van der Waals surface area contributed by atoms with Gasteiger partial charge in [-0.15, -0.1) is 11.3 Å². The average Bonchev–Trinajstić information content (AvgIpc) is 2.64. The molecular weight excluding hydrogens is 344 g/mol. The Bertz CT molecular complexity index is 498. The second kappa shape index (κ2) is 6.24. The lowest BCUT2D eigenvalue weighted by atomic mass is 10.2. The van der Waals surface area contributed by atoms with Crippen LogP contribution in [0.15, 0.2) is 20.1 Å². The Morgan fingerprint density at radius 3 is 2.71 bits per heavy atom. The molecule has 0 aromatic carbocycles. The number of rotatable bonds is 6. The lowest BCUT2D eigenvalue weighted by Crippen LogP contribution is -2.43. The topological polar surface area (TPSA) is 72.2 Å². The Hall–Kier alpha value is -0.0200. The maximum atomic E-state index is 12.0. The van der Waals surface area contributed by atoms with Gasteiger partial charge in [0.25, 0.3) is 10.0 Å². The van der Waals surface area contributed by atoms with E-state index in [4.69, 9.17) is 18.0 Å². The van der Waals surface area contributed by atoms with E-state index in [2.05, 4.69) is 20.7 Å². The van der Waals surface area contributed by atoms with Crippen LogP contribution >= 0.6 is 39.5 Å². The zero-order valence-corrected chi connectivity index (χ0v) is 13.2. The van der Waals surface area contributed by atoms with Gasteiger partial charge in [-0.25, -0.2) is 13.1 Å². The van der Waals surface area contributed by atoms with E-state index in [0.29, 0.717) is 6.42 Å². The van der Waals surface area contributed by atoms with E-state index >= 15 is 0 Å². The summed E-state index contributed by atoms with van der Waals surface area (Å²) in [5.74, 6) is 0. The number of nitrogens with two attached hydrogens (primary N) is 1. The molecular formula is C9H13BrN2O2S3.